The number of nitrogens with one attached hydrogen (secondary N) is 1. The summed E-state index contributed by atoms with van der Waals surface area (Å²) in [6, 6.07) is 18.7. The van der Waals surface area contributed by atoms with Crippen molar-refractivity contribution in [2.45, 2.75) is 20.3 Å². The van der Waals surface area contributed by atoms with Crippen molar-refractivity contribution in [3.05, 3.63) is 88.7 Å². The van der Waals surface area contributed by atoms with Gasteiger partial charge < -0.3 is 10.2 Å². The van der Waals surface area contributed by atoms with E-state index in [1.165, 1.54) is 0 Å². The number of rotatable bonds is 3. The van der Waals surface area contributed by atoms with Gasteiger partial charge in [-0.15, -0.1) is 0 Å². The molecule has 0 bridgehead atoms. The van der Waals surface area contributed by atoms with Crippen molar-refractivity contribution >= 4 is 23.2 Å². The third-order valence-electron chi connectivity index (χ3n) is 4.81. The van der Waals surface area contributed by atoms with Crippen LogP contribution < -0.4 is 10.2 Å². The number of carbonyl (C=O) groups excluding carboxylic acids is 2. The maximum absolute atomic E-state index is 13.0. The number of hydrogen-bond donors (Lipinski definition) is 1. The first kappa shape index (κ1) is 17.9. The third-order valence-corrected chi connectivity index (χ3v) is 4.81. The standard InChI is InChI=1S/C23H21N3O2/c1-15-12-16(2)14-18(13-15)24-22(27)19-7-5-8-20(25-19)23(28)26-11-10-17-6-3-4-9-21(17)26/h3-9,12-14H,10-11H2,1-2H3,(H,24,27). The number of nitrogens with zero attached hydrogens (tertiary/aromatic N) is 2. The molecule has 28 heavy (non-hydrogen) atoms. The molecule has 5 heteroatoms. The summed E-state index contributed by atoms with van der Waals surface area (Å²) < 4.78 is 0. The van der Waals surface area contributed by atoms with Gasteiger partial charge in [0.15, 0.2) is 0 Å². The summed E-state index contributed by atoms with van der Waals surface area (Å²) >= 11 is 0. The summed E-state index contributed by atoms with van der Waals surface area (Å²) in [5.41, 5.74) is 5.41. The molecule has 0 fully saturated rings. The second kappa shape index (κ2) is 7.27. The number of benzene rings is 2. The van der Waals surface area contributed by atoms with Crippen molar-refractivity contribution in [2.75, 3.05) is 16.8 Å². The molecule has 1 aliphatic heterocycles. The lowest BCUT2D eigenvalue weighted by Gasteiger charge is -2.17. The Labute approximate surface area is 164 Å². The molecule has 0 aliphatic carbocycles. The lowest BCUT2D eigenvalue weighted by atomic mass is 10.1. The predicted octanol–water partition coefficient (Wildman–Crippen LogP) is 4.15. The topological polar surface area (TPSA) is 62.3 Å². The molecule has 1 aromatic heterocycles. The van der Waals surface area contributed by atoms with Crippen molar-refractivity contribution < 1.29 is 9.59 Å². The van der Waals surface area contributed by atoms with Crippen LogP contribution in [0, 0.1) is 13.8 Å². The monoisotopic (exact) mass is 371 g/mol. The number of anilines is 2. The van der Waals surface area contributed by atoms with Gasteiger partial charge in [0, 0.05) is 17.9 Å². The number of aromatic nitrogens is 1. The highest BCUT2D eigenvalue weighted by atomic mass is 16.2. The molecule has 0 radical (unpaired) electrons. The first-order chi connectivity index (χ1) is 13.5. The van der Waals surface area contributed by atoms with Gasteiger partial charge in [-0.2, -0.15) is 0 Å². The fraction of sp³-hybridized carbons (Fsp3) is 0.174. The van der Waals surface area contributed by atoms with E-state index in [9.17, 15) is 9.59 Å². The number of hydrogen-bond acceptors (Lipinski definition) is 3. The van der Waals surface area contributed by atoms with Crippen LogP contribution in [-0.2, 0) is 6.42 Å². The zero-order chi connectivity index (χ0) is 19.7. The normalized spacial score (nSPS) is 12.6. The van der Waals surface area contributed by atoms with E-state index in [4.69, 9.17) is 0 Å². The Kier molecular flexibility index (Phi) is 4.65. The number of amides is 2. The Hall–Kier alpha value is -3.47. The minimum absolute atomic E-state index is 0.189. The second-order valence-corrected chi connectivity index (χ2v) is 7.07. The lowest BCUT2D eigenvalue weighted by Crippen LogP contribution is -2.30. The molecule has 2 amide bonds. The minimum atomic E-state index is -0.332. The molecule has 0 spiro atoms. The highest BCUT2D eigenvalue weighted by Crippen LogP contribution is 2.28. The van der Waals surface area contributed by atoms with Crippen LogP contribution >= 0.6 is 0 Å². The summed E-state index contributed by atoms with van der Waals surface area (Å²) in [5, 5.41) is 2.86. The van der Waals surface area contributed by atoms with Crippen LogP contribution in [0.5, 0.6) is 0 Å². The van der Waals surface area contributed by atoms with Gasteiger partial charge in [-0.25, -0.2) is 4.98 Å². The van der Waals surface area contributed by atoms with E-state index < -0.39 is 0 Å². The van der Waals surface area contributed by atoms with Crippen LogP contribution in [0.4, 0.5) is 11.4 Å². The highest BCUT2D eigenvalue weighted by molar-refractivity contribution is 6.08. The molecule has 0 saturated carbocycles. The van der Waals surface area contributed by atoms with E-state index in [0.717, 1.165) is 34.5 Å². The first-order valence-electron chi connectivity index (χ1n) is 9.28. The van der Waals surface area contributed by atoms with Crippen molar-refractivity contribution in [3.8, 4) is 0 Å². The van der Waals surface area contributed by atoms with Gasteiger partial charge in [0.1, 0.15) is 11.4 Å². The second-order valence-electron chi connectivity index (χ2n) is 7.07. The molecule has 4 rings (SSSR count). The number of para-hydroxylation sites is 1. The zero-order valence-corrected chi connectivity index (χ0v) is 15.9. The Morgan fingerprint density at radius 3 is 2.43 bits per heavy atom. The highest BCUT2D eigenvalue weighted by Gasteiger charge is 2.26. The summed E-state index contributed by atoms with van der Waals surface area (Å²) in [6.07, 6.45) is 0.828. The van der Waals surface area contributed by atoms with Gasteiger partial charge in [0.2, 0.25) is 0 Å². The molecule has 2 aromatic carbocycles. The van der Waals surface area contributed by atoms with Gasteiger partial charge >= 0.3 is 0 Å². The van der Waals surface area contributed by atoms with Crippen LogP contribution in [0.15, 0.2) is 60.7 Å². The third kappa shape index (κ3) is 3.51. The average molecular weight is 371 g/mol. The number of aryl methyl sites for hydroxylation is 2. The molecule has 1 aliphatic rings. The van der Waals surface area contributed by atoms with Crippen molar-refractivity contribution in [1.29, 1.82) is 0 Å². The van der Waals surface area contributed by atoms with Crippen molar-refractivity contribution in [1.82, 2.24) is 4.98 Å². The number of pyridine rings is 1. The largest absolute Gasteiger partial charge is 0.321 e. The molecule has 0 atom stereocenters. The minimum Gasteiger partial charge on any atom is -0.321 e. The van der Waals surface area contributed by atoms with E-state index in [1.807, 2.05) is 56.3 Å². The van der Waals surface area contributed by atoms with E-state index in [1.54, 1.807) is 23.1 Å². The van der Waals surface area contributed by atoms with E-state index in [0.29, 0.717) is 6.54 Å². The van der Waals surface area contributed by atoms with Gasteiger partial charge in [0.05, 0.1) is 0 Å². The van der Waals surface area contributed by atoms with Crippen LogP contribution in [0.2, 0.25) is 0 Å². The molecule has 5 nitrogen and oxygen atoms in total. The molecule has 3 aromatic rings. The van der Waals surface area contributed by atoms with Gasteiger partial charge in [-0.3, -0.25) is 9.59 Å². The lowest BCUT2D eigenvalue weighted by molar-refractivity contribution is 0.0984. The predicted molar refractivity (Wildman–Crippen MR) is 110 cm³/mol. The van der Waals surface area contributed by atoms with Crippen LogP contribution in [0.1, 0.15) is 37.7 Å². The fourth-order valence-electron chi connectivity index (χ4n) is 3.61. The van der Waals surface area contributed by atoms with Gasteiger partial charge in [-0.1, -0.05) is 30.3 Å². The summed E-state index contributed by atoms with van der Waals surface area (Å²) in [4.78, 5) is 31.6. The number of fused-ring (bicyclic) bond motifs is 1. The van der Waals surface area contributed by atoms with E-state index >= 15 is 0 Å². The Bertz CT molecular complexity index is 1050. The zero-order valence-electron chi connectivity index (χ0n) is 15.9. The SMILES string of the molecule is Cc1cc(C)cc(NC(=O)c2cccc(C(=O)N3CCc4ccccc43)n2)c1. The molecule has 0 saturated heterocycles. The van der Waals surface area contributed by atoms with E-state index in [-0.39, 0.29) is 23.2 Å². The Morgan fingerprint density at radius 1 is 0.929 bits per heavy atom. The quantitative estimate of drug-likeness (QED) is 0.752. The summed E-state index contributed by atoms with van der Waals surface area (Å²) in [7, 11) is 0. The molecule has 140 valence electrons. The van der Waals surface area contributed by atoms with Crippen molar-refractivity contribution in [2.24, 2.45) is 0 Å². The van der Waals surface area contributed by atoms with Gasteiger partial charge in [-0.05, 0) is 67.3 Å². The summed E-state index contributed by atoms with van der Waals surface area (Å²) in [6.45, 7) is 4.58. The molecular weight excluding hydrogens is 350 g/mol. The van der Waals surface area contributed by atoms with Crippen LogP contribution in [0.25, 0.3) is 0 Å². The van der Waals surface area contributed by atoms with Crippen LogP contribution in [-0.4, -0.2) is 23.3 Å². The van der Waals surface area contributed by atoms with Crippen molar-refractivity contribution in [3.63, 3.8) is 0 Å². The molecule has 0 unspecified atom stereocenters. The number of carbonyl (C=O) groups is 2. The van der Waals surface area contributed by atoms with Crippen LogP contribution in [0.3, 0.4) is 0 Å². The molecule has 1 N–H and O–H groups in total. The first-order valence-corrected chi connectivity index (χ1v) is 9.28. The van der Waals surface area contributed by atoms with Gasteiger partial charge in [0.25, 0.3) is 11.8 Å². The van der Waals surface area contributed by atoms with E-state index in [2.05, 4.69) is 10.3 Å². The smallest absolute Gasteiger partial charge is 0.276 e. The molecular formula is C23H21N3O2. The Balaban J connectivity index is 1.56. The fourth-order valence-corrected chi connectivity index (χ4v) is 3.61. The molecule has 2 heterocycles. The maximum atomic E-state index is 13.0. The Morgan fingerprint density at radius 2 is 1.64 bits per heavy atom. The maximum Gasteiger partial charge on any atom is 0.276 e. The average Bonchev–Trinajstić information content (AvgIpc) is 3.11. The summed E-state index contributed by atoms with van der Waals surface area (Å²) in [5.74, 6) is -0.521.